The molecule has 0 aliphatic rings. The normalized spacial score (nSPS) is 11.8. The van der Waals surface area contributed by atoms with Gasteiger partial charge < -0.3 is 25.6 Å². The first-order chi connectivity index (χ1) is 15.5. The number of carbonyl (C=O) groups is 1. The predicted molar refractivity (Wildman–Crippen MR) is 123 cm³/mol. The van der Waals surface area contributed by atoms with Gasteiger partial charge in [0.2, 0.25) is 5.88 Å². The highest BCUT2D eigenvalue weighted by Crippen LogP contribution is 2.35. The third-order valence-corrected chi connectivity index (χ3v) is 5.14. The smallest absolute Gasteiger partial charge is 0.251 e. The van der Waals surface area contributed by atoms with Crippen molar-refractivity contribution in [3.05, 3.63) is 60.3 Å². The zero-order valence-electron chi connectivity index (χ0n) is 17.7. The van der Waals surface area contributed by atoms with E-state index in [0.717, 1.165) is 16.6 Å². The number of amides is 1. The molecule has 1 atom stereocenters. The van der Waals surface area contributed by atoms with Crippen LogP contribution in [0, 0.1) is 11.3 Å². The van der Waals surface area contributed by atoms with E-state index in [4.69, 9.17) is 10.1 Å². The van der Waals surface area contributed by atoms with Crippen molar-refractivity contribution in [2.45, 2.75) is 6.92 Å². The van der Waals surface area contributed by atoms with Gasteiger partial charge in [0.25, 0.3) is 5.91 Å². The van der Waals surface area contributed by atoms with Gasteiger partial charge in [0.15, 0.2) is 0 Å². The van der Waals surface area contributed by atoms with Crippen molar-refractivity contribution in [2.75, 3.05) is 13.7 Å². The fourth-order valence-corrected chi connectivity index (χ4v) is 3.36. The van der Waals surface area contributed by atoms with Crippen molar-refractivity contribution in [2.24, 2.45) is 5.92 Å². The maximum atomic E-state index is 12.4. The molecule has 1 unspecified atom stereocenters. The first-order valence-electron chi connectivity index (χ1n) is 10.1. The van der Waals surface area contributed by atoms with Crippen molar-refractivity contribution in [1.82, 2.24) is 20.3 Å². The number of phenolic OH excluding ortho intramolecular Hbond substituents is 1. The number of nitrogens with one attached hydrogen (secondary N) is 3. The number of hydrogen-bond donors (Lipinski definition) is 4. The minimum atomic E-state index is -0.223. The number of hydrogen-bond acceptors (Lipinski definition) is 6. The van der Waals surface area contributed by atoms with Crippen LogP contribution in [0.2, 0.25) is 0 Å². The molecule has 8 heteroatoms. The van der Waals surface area contributed by atoms with E-state index in [1.54, 1.807) is 43.6 Å². The number of H-pyrrole nitrogens is 1. The summed E-state index contributed by atoms with van der Waals surface area (Å²) in [7, 11) is 1.56. The Hall–Kier alpha value is -4.20. The minimum absolute atomic E-state index is 0.0339. The zero-order chi connectivity index (χ0) is 22.7. The summed E-state index contributed by atoms with van der Waals surface area (Å²) in [6.45, 7) is 2.25. The van der Waals surface area contributed by atoms with Crippen LogP contribution in [0.25, 0.3) is 33.5 Å². The highest BCUT2D eigenvalue weighted by molar-refractivity contribution is 5.98. The molecule has 8 nitrogen and oxygen atoms in total. The number of phenols is 1. The van der Waals surface area contributed by atoms with Crippen LogP contribution in [0.3, 0.4) is 0 Å². The molecule has 4 N–H and O–H groups in total. The number of ether oxygens (including phenoxy) is 1. The van der Waals surface area contributed by atoms with Crippen LogP contribution < -0.4 is 10.1 Å². The Morgan fingerprint density at radius 2 is 2.09 bits per heavy atom. The summed E-state index contributed by atoms with van der Waals surface area (Å²) in [6, 6.07) is 14.1. The van der Waals surface area contributed by atoms with E-state index >= 15 is 0 Å². The van der Waals surface area contributed by atoms with E-state index in [9.17, 15) is 9.90 Å². The number of aromatic amines is 1. The first kappa shape index (κ1) is 21.0. The van der Waals surface area contributed by atoms with Crippen LogP contribution in [0.15, 0.2) is 54.7 Å². The number of aromatic nitrogens is 3. The van der Waals surface area contributed by atoms with E-state index in [-0.39, 0.29) is 17.6 Å². The Labute approximate surface area is 184 Å². The van der Waals surface area contributed by atoms with Crippen molar-refractivity contribution in [3.63, 3.8) is 0 Å². The average molecular weight is 429 g/mol. The first-order valence-corrected chi connectivity index (χ1v) is 10.1. The molecular weight excluding hydrogens is 406 g/mol. The van der Waals surface area contributed by atoms with Crippen molar-refractivity contribution >= 4 is 23.2 Å². The lowest BCUT2D eigenvalue weighted by molar-refractivity contribution is 0.0951. The quantitative estimate of drug-likeness (QED) is 0.330. The summed E-state index contributed by atoms with van der Waals surface area (Å²) in [5, 5.41) is 20.5. The lowest BCUT2D eigenvalue weighted by Gasteiger charge is -2.09. The number of rotatable bonds is 7. The van der Waals surface area contributed by atoms with Crippen LogP contribution in [-0.2, 0) is 0 Å². The second-order valence-electron chi connectivity index (χ2n) is 7.46. The SMILES string of the molecule is COc1ncccc1-c1ccc(O)c(-c2nc3cc(C(=O)NCC(C)C=N)ccc3[nH]2)c1. The van der Waals surface area contributed by atoms with Gasteiger partial charge in [-0.05, 0) is 54.2 Å². The van der Waals surface area contributed by atoms with Gasteiger partial charge in [-0.2, -0.15) is 0 Å². The lowest BCUT2D eigenvalue weighted by Crippen LogP contribution is -2.28. The molecule has 0 spiro atoms. The van der Waals surface area contributed by atoms with Gasteiger partial charge in [-0.1, -0.05) is 13.0 Å². The summed E-state index contributed by atoms with van der Waals surface area (Å²) >= 11 is 0. The number of benzene rings is 2. The van der Waals surface area contributed by atoms with Gasteiger partial charge in [0, 0.05) is 29.8 Å². The molecule has 4 aromatic rings. The van der Waals surface area contributed by atoms with E-state index < -0.39 is 0 Å². The van der Waals surface area contributed by atoms with Gasteiger partial charge in [-0.25, -0.2) is 9.97 Å². The number of imidazole rings is 1. The molecule has 2 heterocycles. The average Bonchev–Trinajstić information content (AvgIpc) is 3.25. The zero-order valence-corrected chi connectivity index (χ0v) is 17.7. The summed E-state index contributed by atoms with van der Waals surface area (Å²) < 4.78 is 5.35. The molecule has 0 aliphatic carbocycles. The van der Waals surface area contributed by atoms with Crippen molar-refractivity contribution < 1.29 is 14.6 Å². The third-order valence-electron chi connectivity index (χ3n) is 5.14. The maximum Gasteiger partial charge on any atom is 0.251 e. The molecule has 0 fully saturated rings. The molecule has 0 bridgehead atoms. The van der Waals surface area contributed by atoms with Crippen LogP contribution in [-0.4, -0.2) is 45.8 Å². The molecular formula is C24H23N5O3. The molecule has 0 radical (unpaired) electrons. The number of aromatic hydroxyl groups is 1. The van der Waals surface area contributed by atoms with Crippen LogP contribution in [0.4, 0.5) is 0 Å². The summed E-state index contributed by atoms with van der Waals surface area (Å²) in [6.07, 6.45) is 2.95. The second kappa shape index (κ2) is 8.89. The maximum absolute atomic E-state index is 12.4. The lowest BCUT2D eigenvalue weighted by atomic mass is 10.0. The fraction of sp³-hybridized carbons (Fsp3) is 0.167. The molecule has 0 aliphatic heterocycles. The van der Waals surface area contributed by atoms with Crippen molar-refractivity contribution in [1.29, 1.82) is 5.41 Å². The Kier molecular flexibility index (Phi) is 5.85. The predicted octanol–water partition coefficient (Wildman–Crippen LogP) is 4.02. The summed E-state index contributed by atoms with van der Waals surface area (Å²) in [4.78, 5) is 24.5. The minimum Gasteiger partial charge on any atom is -0.507 e. The molecule has 1 amide bonds. The monoisotopic (exact) mass is 429 g/mol. The van der Waals surface area contributed by atoms with E-state index in [0.29, 0.717) is 34.9 Å². The second-order valence-corrected chi connectivity index (χ2v) is 7.46. The number of carbonyl (C=O) groups excluding carboxylic acids is 1. The largest absolute Gasteiger partial charge is 0.507 e. The van der Waals surface area contributed by atoms with Gasteiger partial charge in [0.05, 0.1) is 23.7 Å². The number of pyridine rings is 1. The highest BCUT2D eigenvalue weighted by Gasteiger charge is 2.15. The number of nitrogens with zero attached hydrogens (tertiary/aromatic N) is 2. The standard InChI is InChI=1S/C24H23N5O3/c1-14(12-25)13-27-23(31)16-5-7-19-20(11-16)29-22(28-19)18-10-15(6-8-21(18)30)17-4-3-9-26-24(17)32-2/h3-12,14,25,30H,13H2,1-2H3,(H,27,31)(H,28,29). The summed E-state index contributed by atoms with van der Waals surface area (Å²) in [5.41, 5.74) is 3.97. The van der Waals surface area contributed by atoms with Gasteiger partial charge >= 0.3 is 0 Å². The summed E-state index contributed by atoms with van der Waals surface area (Å²) in [5.74, 6) is 0.792. The van der Waals surface area contributed by atoms with Crippen LogP contribution >= 0.6 is 0 Å². The molecule has 2 aromatic carbocycles. The van der Waals surface area contributed by atoms with E-state index in [1.807, 2.05) is 25.1 Å². The number of methoxy groups -OCH3 is 1. The molecule has 0 saturated carbocycles. The molecule has 2 aromatic heterocycles. The Morgan fingerprint density at radius 3 is 2.88 bits per heavy atom. The van der Waals surface area contributed by atoms with Crippen LogP contribution in [0.5, 0.6) is 11.6 Å². The molecule has 162 valence electrons. The van der Waals surface area contributed by atoms with Gasteiger partial charge in [-0.3, -0.25) is 4.79 Å². The highest BCUT2D eigenvalue weighted by atomic mass is 16.5. The number of fused-ring (bicyclic) bond motifs is 1. The molecule has 32 heavy (non-hydrogen) atoms. The topological polar surface area (TPSA) is 124 Å². The van der Waals surface area contributed by atoms with Crippen LogP contribution in [0.1, 0.15) is 17.3 Å². The Balaban J connectivity index is 1.68. The Bertz CT molecular complexity index is 1300. The fourth-order valence-electron chi connectivity index (χ4n) is 3.36. The van der Waals surface area contributed by atoms with Gasteiger partial charge in [0.1, 0.15) is 11.6 Å². The third kappa shape index (κ3) is 4.15. The Morgan fingerprint density at radius 1 is 1.25 bits per heavy atom. The molecule has 4 rings (SSSR count). The van der Waals surface area contributed by atoms with E-state index in [1.165, 1.54) is 6.21 Å². The van der Waals surface area contributed by atoms with E-state index in [2.05, 4.69) is 20.3 Å². The molecule has 0 saturated heterocycles. The van der Waals surface area contributed by atoms with Gasteiger partial charge in [-0.15, -0.1) is 0 Å². The van der Waals surface area contributed by atoms with Crippen molar-refractivity contribution in [3.8, 4) is 34.1 Å².